The zero-order valence-corrected chi connectivity index (χ0v) is 25.3. The number of hydrogen-bond acceptors (Lipinski definition) is 8. The molecule has 6 rings (SSSR count). The zero-order chi connectivity index (χ0) is 32.3. The summed E-state index contributed by atoms with van der Waals surface area (Å²) in [6.45, 7) is 5.84. The second kappa shape index (κ2) is 11.5. The second-order valence-electron chi connectivity index (χ2n) is 11.7. The number of phenolic OH excluding ortho intramolecular Hbond substituents is 1. The van der Waals surface area contributed by atoms with Gasteiger partial charge in [-0.15, -0.1) is 0 Å². The lowest BCUT2D eigenvalue weighted by Crippen LogP contribution is -2.50. The number of nitrogens with zero attached hydrogens (tertiary/aromatic N) is 6. The summed E-state index contributed by atoms with van der Waals surface area (Å²) in [6, 6.07) is 2.43. The van der Waals surface area contributed by atoms with E-state index in [4.69, 9.17) is 11.6 Å². The van der Waals surface area contributed by atoms with Gasteiger partial charge in [0.2, 0.25) is 17.7 Å². The van der Waals surface area contributed by atoms with Crippen LogP contribution in [-0.2, 0) is 24.3 Å². The van der Waals surface area contributed by atoms with E-state index in [0.717, 1.165) is 19.2 Å². The van der Waals surface area contributed by atoms with Crippen molar-refractivity contribution in [3.63, 3.8) is 0 Å². The van der Waals surface area contributed by atoms with Gasteiger partial charge in [0, 0.05) is 62.0 Å². The Bertz CT molecular complexity index is 1950. The van der Waals surface area contributed by atoms with Gasteiger partial charge in [0.15, 0.2) is 17.9 Å². The van der Waals surface area contributed by atoms with E-state index in [1.54, 1.807) is 0 Å². The first-order valence-corrected chi connectivity index (χ1v) is 14.7. The van der Waals surface area contributed by atoms with Gasteiger partial charge in [-0.1, -0.05) is 18.5 Å². The van der Waals surface area contributed by atoms with Crippen LogP contribution in [0.5, 0.6) is 5.75 Å². The molecule has 1 amide bonds. The summed E-state index contributed by atoms with van der Waals surface area (Å²) >= 11 is 6.19. The maximum atomic E-state index is 15.2. The van der Waals surface area contributed by atoms with E-state index < -0.39 is 57.5 Å². The quantitative estimate of drug-likeness (QED) is 0.240. The van der Waals surface area contributed by atoms with Crippen LogP contribution in [0.15, 0.2) is 23.1 Å². The molecule has 2 aliphatic heterocycles. The van der Waals surface area contributed by atoms with E-state index in [1.165, 1.54) is 21.4 Å². The lowest BCUT2D eigenvalue weighted by molar-refractivity contribution is -0.116. The van der Waals surface area contributed by atoms with Crippen molar-refractivity contribution in [2.24, 2.45) is 5.92 Å². The van der Waals surface area contributed by atoms with Crippen LogP contribution in [0, 0.1) is 23.5 Å². The van der Waals surface area contributed by atoms with Gasteiger partial charge in [0.25, 0.3) is 5.56 Å². The number of anilines is 2. The van der Waals surface area contributed by atoms with E-state index in [0.29, 0.717) is 31.2 Å². The van der Waals surface area contributed by atoms with E-state index in [1.807, 2.05) is 25.8 Å². The van der Waals surface area contributed by atoms with E-state index in [2.05, 4.69) is 20.2 Å². The highest BCUT2D eigenvalue weighted by Crippen LogP contribution is 2.36. The average molecular weight is 644 g/mol. The first-order valence-electron chi connectivity index (χ1n) is 14.3. The summed E-state index contributed by atoms with van der Waals surface area (Å²) in [5.74, 6) is -5.09. The lowest BCUT2D eigenvalue weighted by atomic mass is 10.0. The number of carbonyl (C=O) groups is 2. The number of carbonyl (C=O) groups excluding carboxylic acids is 2. The number of rotatable bonds is 6. The molecule has 0 spiro atoms. The standard InChI is InChI=1S/C30H29ClF3N7O4/c1-14-6-20-37-29-23(30(45)41(20)9-14)18(17-7-16(13-42)27(44)26(33)25(17)32)11-39(29)12-22(43)35-19-8-21(36-28(34)24(19)31)40-5-4-38(3)10-15(40)2/h7-8,11,13-15,44H,4-6,9-10,12H2,1-3H3,(H,35,36,43). The van der Waals surface area contributed by atoms with Gasteiger partial charge in [0.05, 0.1) is 16.6 Å². The predicted octanol–water partition coefficient (Wildman–Crippen LogP) is 3.82. The molecule has 0 saturated carbocycles. The molecular weight excluding hydrogens is 615 g/mol. The van der Waals surface area contributed by atoms with E-state index in [-0.39, 0.29) is 40.5 Å². The summed E-state index contributed by atoms with van der Waals surface area (Å²) in [7, 11) is 1.98. The normalized spacial score (nSPS) is 18.4. The molecule has 15 heteroatoms. The molecule has 3 aromatic heterocycles. The maximum Gasteiger partial charge on any atom is 0.263 e. The van der Waals surface area contributed by atoms with Gasteiger partial charge in [-0.3, -0.25) is 19.0 Å². The number of amides is 1. The van der Waals surface area contributed by atoms with Crippen molar-refractivity contribution in [1.82, 2.24) is 24.0 Å². The number of likely N-dealkylation sites (N-methyl/N-ethyl adjacent to an activating group) is 1. The number of aromatic nitrogens is 4. The summed E-state index contributed by atoms with van der Waals surface area (Å²) in [5, 5.41) is 12.0. The predicted molar refractivity (Wildman–Crippen MR) is 161 cm³/mol. The highest BCUT2D eigenvalue weighted by atomic mass is 35.5. The Morgan fingerprint density at radius 2 is 1.89 bits per heavy atom. The van der Waals surface area contributed by atoms with Crippen molar-refractivity contribution in [2.75, 3.05) is 36.9 Å². The van der Waals surface area contributed by atoms with Gasteiger partial charge >= 0.3 is 0 Å². The average Bonchev–Trinajstić information content (AvgIpc) is 3.54. The number of nitrogens with one attached hydrogen (secondary N) is 1. The van der Waals surface area contributed by atoms with Gasteiger partial charge in [-0.25, -0.2) is 14.4 Å². The first-order chi connectivity index (χ1) is 21.4. The third kappa shape index (κ3) is 5.31. The Morgan fingerprint density at radius 3 is 2.60 bits per heavy atom. The zero-order valence-electron chi connectivity index (χ0n) is 24.6. The minimum atomic E-state index is -1.66. The molecule has 0 aliphatic carbocycles. The maximum absolute atomic E-state index is 15.2. The van der Waals surface area contributed by atoms with Crippen LogP contribution in [-0.4, -0.2) is 74.0 Å². The molecule has 5 heterocycles. The minimum Gasteiger partial charge on any atom is -0.504 e. The largest absolute Gasteiger partial charge is 0.504 e. The number of aldehydes is 1. The van der Waals surface area contributed by atoms with Crippen molar-refractivity contribution in [3.05, 3.63) is 62.7 Å². The molecular formula is C30H29ClF3N7O4. The molecule has 1 aromatic carbocycles. The van der Waals surface area contributed by atoms with Crippen molar-refractivity contribution in [3.8, 4) is 16.9 Å². The molecule has 1 saturated heterocycles. The van der Waals surface area contributed by atoms with Crippen molar-refractivity contribution in [2.45, 2.75) is 39.4 Å². The molecule has 0 radical (unpaired) electrons. The summed E-state index contributed by atoms with van der Waals surface area (Å²) in [4.78, 5) is 51.2. The molecule has 2 unspecified atom stereocenters. The van der Waals surface area contributed by atoms with Gasteiger partial charge < -0.3 is 24.8 Å². The molecule has 1 fully saturated rings. The van der Waals surface area contributed by atoms with Gasteiger partial charge in [0.1, 0.15) is 28.9 Å². The summed E-state index contributed by atoms with van der Waals surface area (Å²) < 4.78 is 47.4. The SMILES string of the molecule is CC1Cc2nc3c(c(-c4cc(C=O)c(O)c(F)c4F)cn3CC(=O)Nc3cc(N4CCN(C)CC4C)nc(F)c3Cl)c(=O)n2C1. The fourth-order valence-corrected chi connectivity index (χ4v) is 6.28. The van der Waals surface area contributed by atoms with E-state index in [9.17, 15) is 28.3 Å². The second-order valence-corrected chi connectivity index (χ2v) is 12.1. The Morgan fingerprint density at radius 1 is 1.13 bits per heavy atom. The van der Waals surface area contributed by atoms with Crippen molar-refractivity contribution in [1.29, 1.82) is 0 Å². The molecule has 45 heavy (non-hydrogen) atoms. The molecule has 0 bridgehead atoms. The lowest BCUT2D eigenvalue weighted by Gasteiger charge is -2.39. The van der Waals surface area contributed by atoms with Crippen molar-refractivity contribution >= 4 is 46.3 Å². The summed E-state index contributed by atoms with van der Waals surface area (Å²) in [5.41, 5.74) is -1.62. The van der Waals surface area contributed by atoms with Crippen LogP contribution in [0.25, 0.3) is 22.2 Å². The third-order valence-electron chi connectivity index (χ3n) is 8.32. The highest BCUT2D eigenvalue weighted by molar-refractivity contribution is 6.33. The van der Waals surface area contributed by atoms with Crippen LogP contribution in [0.1, 0.15) is 30.0 Å². The van der Waals surface area contributed by atoms with Crippen LogP contribution in [0.2, 0.25) is 5.02 Å². The number of phenols is 1. The Balaban J connectivity index is 1.41. The molecule has 2 N–H and O–H groups in total. The molecule has 2 atom stereocenters. The Kier molecular flexibility index (Phi) is 7.81. The number of piperazine rings is 1. The number of hydrogen-bond donors (Lipinski definition) is 2. The number of halogens is 4. The number of benzene rings is 1. The van der Waals surface area contributed by atoms with Crippen LogP contribution in [0.4, 0.5) is 24.7 Å². The monoisotopic (exact) mass is 643 g/mol. The van der Waals surface area contributed by atoms with Gasteiger partial charge in [-0.2, -0.15) is 8.78 Å². The van der Waals surface area contributed by atoms with Crippen LogP contribution < -0.4 is 15.8 Å². The smallest absolute Gasteiger partial charge is 0.263 e. The first kappa shape index (κ1) is 30.6. The Labute approximate surface area is 259 Å². The summed E-state index contributed by atoms with van der Waals surface area (Å²) in [6.07, 6.45) is 1.90. The van der Waals surface area contributed by atoms with E-state index >= 15 is 4.39 Å². The number of aromatic hydroxyl groups is 1. The van der Waals surface area contributed by atoms with Crippen molar-refractivity contribution < 1.29 is 27.9 Å². The molecule has 236 valence electrons. The van der Waals surface area contributed by atoms with Gasteiger partial charge in [-0.05, 0) is 26.0 Å². The number of fused-ring (bicyclic) bond motifs is 2. The highest BCUT2D eigenvalue weighted by Gasteiger charge is 2.29. The number of pyridine rings is 1. The molecule has 4 aromatic rings. The Hall–Kier alpha value is -4.43. The topological polar surface area (TPSA) is 126 Å². The van der Waals surface area contributed by atoms with Crippen LogP contribution in [0.3, 0.4) is 0 Å². The molecule has 11 nitrogen and oxygen atoms in total. The third-order valence-corrected chi connectivity index (χ3v) is 8.68. The fraction of sp³-hybridized carbons (Fsp3) is 0.367. The van der Waals surface area contributed by atoms with Crippen LogP contribution >= 0.6 is 11.6 Å². The molecule has 2 aliphatic rings. The minimum absolute atomic E-state index is 0.0167. The fourth-order valence-electron chi connectivity index (χ4n) is 6.14.